The van der Waals surface area contributed by atoms with Gasteiger partial charge in [-0.25, -0.2) is 4.98 Å². The van der Waals surface area contributed by atoms with E-state index in [2.05, 4.69) is 34.6 Å². The highest BCUT2D eigenvalue weighted by atomic mass is 32.1. The summed E-state index contributed by atoms with van der Waals surface area (Å²) >= 11 is 1.35. The van der Waals surface area contributed by atoms with Gasteiger partial charge >= 0.3 is 0 Å². The zero-order chi connectivity index (χ0) is 10.6. The van der Waals surface area contributed by atoms with Gasteiger partial charge in [0.1, 0.15) is 5.82 Å². The van der Waals surface area contributed by atoms with Crippen molar-refractivity contribution in [2.45, 2.75) is 26.7 Å². The molecule has 1 rings (SSSR count). The first-order valence-electron chi connectivity index (χ1n) is 4.60. The van der Waals surface area contributed by atoms with E-state index in [1.807, 2.05) is 6.92 Å². The highest BCUT2D eigenvalue weighted by Crippen LogP contribution is 2.17. The van der Waals surface area contributed by atoms with Crippen molar-refractivity contribution in [1.82, 2.24) is 9.36 Å². The molecule has 5 heteroatoms. The van der Waals surface area contributed by atoms with Crippen molar-refractivity contribution in [3.63, 3.8) is 0 Å². The largest absolute Gasteiger partial charge is 0.359 e. The Morgan fingerprint density at radius 2 is 2.21 bits per heavy atom. The molecule has 0 aromatic carbocycles. The summed E-state index contributed by atoms with van der Waals surface area (Å²) in [6.45, 7) is 6.62. The molecule has 0 aliphatic rings. The van der Waals surface area contributed by atoms with Gasteiger partial charge in [-0.05, 0) is 6.92 Å². The van der Waals surface area contributed by atoms with Crippen LogP contribution < -0.4 is 5.32 Å². The predicted octanol–water partition coefficient (Wildman–Crippen LogP) is 2.23. The third-order valence-corrected chi connectivity index (χ3v) is 2.42. The minimum absolute atomic E-state index is 0.00130. The Hall–Kier alpha value is -1.15. The summed E-state index contributed by atoms with van der Waals surface area (Å²) in [4.78, 5) is 4.30. The number of rotatable bonds is 4. The van der Waals surface area contributed by atoms with Crippen LogP contribution in [0.5, 0.6) is 0 Å². The van der Waals surface area contributed by atoms with Crippen LogP contribution in [0, 0.1) is 17.2 Å². The summed E-state index contributed by atoms with van der Waals surface area (Å²) in [7, 11) is 0. The Morgan fingerprint density at radius 3 is 2.71 bits per heavy atom. The van der Waals surface area contributed by atoms with E-state index in [-0.39, 0.29) is 5.92 Å². The van der Waals surface area contributed by atoms with E-state index in [9.17, 15) is 0 Å². The molecule has 76 valence electrons. The zero-order valence-corrected chi connectivity index (χ0v) is 9.43. The highest BCUT2D eigenvalue weighted by Gasteiger charge is 2.07. The molecule has 0 saturated carbocycles. The van der Waals surface area contributed by atoms with E-state index < -0.39 is 0 Å². The normalized spacial score (nSPS) is 12.5. The zero-order valence-electron chi connectivity index (χ0n) is 8.61. The molecular formula is C9H14N4S. The lowest BCUT2D eigenvalue weighted by atomic mass is 10.2. The van der Waals surface area contributed by atoms with Crippen LogP contribution in [0.25, 0.3) is 0 Å². The molecule has 1 aromatic heterocycles. The first kappa shape index (κ1) is 10.9. The SMILES string of the molecule is CC(C#N)CNc1nc(C(C)C)ns1. The Labute approximate surface area is 88.1 Å². The van der Waals surface area contributed by atoms with E-state index in [0.717, 1.165) is 11.0 Å². The maximum absolute atomic E-state index is 8.58. The Balaban J connectivity index is 2.49. The minimum Gasteiger partial charge on any atom is -0.359 e. The summed E-state index contributed by atoms with van der Waals surface area (Å²) < 4.78 is 4.20. The molecule has 1 unspecified atom stereocenters. The summed E-state index contributed by atoms with van der Waals surface area (Å²) in [5, 5.41) is 12.5. The topological polar surface area (TPSA) is 61.6 Å². The van der Waals surface area contributed by atoms with Crippen LogP contribution in [0.2, 0.25) is 0 Å². The van der Waals surface area contributed by atoms with Crippen molar-refractivity contribution >= 4 is 16.7 Å². The third-order valence-electron chi connectivity index (χ3n) is 1.74. The number of nitriles is 1. The fraction of sp³-hybridized carbons (Fsp3) is 0.667. The lowest BCUT2D eigenvalue weighted by Gasteiger charge is -2.02. The van der Waals surface area contributed by atoms with Gasteiger partial charge in [-0.2, -0.15) is 9.64 Å². The monoisotopic (exact) mass is 210 g/mol. The van der Waals surface area contributed by atoms with Gasteiger partial charge in [0.05, 0.1) is 12.0 Å². The summed E-state index contributed by atoms with van der Waals surface area (Å²) in [5.74, 6) is 1.22. The molecule has 0 radical (unpaired) electrons. The van der Waals surface area contributed by atoms with Crippen molar-refractivity contribution in [2.75, 3.05) is 11.9 Å². The third kappa shape index (κ3) is 2.96. The fourth-order valence-corrected chi connectivity index (χ4v) is 1.54. The second-order valence-electron chi connectivity index (χ2n) is 3.52. The molecule has 4 nitrogen and oxygen atoms in total. The summed E-state index contributed by atoms with van der Waals surface area (Å²) in [6.07, 6.45) is 0. The van der Waals surface area contributed by atoms with Crippen molar-refractivity contribution in [2.24, 2.45) is 5.92 Å². The van der Waals surface area contributed by atoms with Gasteiger partial charge in [0.2, 0.25) is 5.13 Å². The number of hydrogen-bond donors (Lipinski definition) is 1. The Bertz CT molecular complexity index is 326. The van der Waals surface area contributed by atoms with E-state index in [1.54, 1.807) is 0 Å². The molecule has 0 aliphatic carbocycles. The quantitative estimate of drug-likeness (QED) is 0.827. The molecule has 0 spiro atoms. The van der Waals surface area contributed by atoms with E-state index in [0.29, 0.717) is 12.5 Å². The van der Waals surface area contributed by atoms with Crippen LogP contribution in [-0.2, 0) is 0 Å². The predicted molar refractivity (Wildman–Crippen MR) is 57.3 cm³/mol. The molecular weight excluding hydrogens is 196 g/mol. The fourth-order valence-electron chi connectivity index (χ4n) is 0.827. The average Bonchev–Trinajstić information content (AvgIpc) is 2.62. The van der Waals surface area contributed by atoms with Crippen LogP contribution in [-0.4, -0.2) is 15.9 Å². The van der Waals surface area contributed by atoms with Crippen molar-refractivity contribution in [3.05, 3.63) is 5.82 Å². The van der Waals surface area contributed by atoms with Gasteiger partial charge in [-0.3, -0.25) is 0 Å². The van der Waals surface area contributed by atoms with Crippen LogP contribution in [0.15, 0.2) is 0 Å². The van der Waals surface area contributed by atoms with Gasteiger partial charge < -0.3 is 5.32 Å². The molecule has 14 heavy (non-hydrogen) atoms. The average molecular weight is 210 g/mol. The van der Waals surface area contributed by atoms with Crippen molar-refractivity contribution in [3.8, 4) is 6.07 Å². The van der Waals surface area contributed by atoms with Gasteiger partial charge in [0, 0.05) is 24.0 Å². The summed E-state index contributed by atoms with van der Waals surface area (Å²) in [5.41, 5.74) is 0. The Kier molecular flexibility index (Phi) is 3.84. The summed E-state index contributed by atoms with van der Waals surface area (Å²) in [6, 6.07) is 2.16. The Morgan fingerprint density at radius 1 is 1.50 bits per heavy atom. The van der Waals surface area contributed by atoms with Crippen LogP contribution in [0.3, 0.4) is 0 Å². The first-order chi connectivity index (χ1) is 6.63. The number of hydrogen-bond acceptors (Lipinski definition) is 5. The minimum atomic E-state index is 0.00130. The maximum Gasteiger partial charge on any atom is 0.202 e. The van der Waals surface area contributed by atoms with Gasteiger partial charge in [0.25, 0.3) is 0 Å². The lowest BCUT2D eigenvalue weighted by Crippen LogP contribution is -2.09. The van der Waals surface area contributed by atoms with Gasteiger partial charge in [-0.15, -0.1) is 0 Å². The second-order valence-corrected chi connectivity index (χ2v) is 4.28. The van der Waals surface area contributed by atoms with E-state index in [4.69, 9.17) is 5.26 Å². The van der Waals surface area contributed by atoms with Crippen LogP contribution in [0.1, 0.15) is 32.5 Å². The number of nitrogens with one attached hydrogen (secondary N) is 1. The molecule has 0 aliphatic heterocycles. The van der Waals surface area contributed by atoms with Crippen LogP contribution >= 0.6 is 11.5 Å². The number of aromatic nitrogens is 2. The smallest absolute Gasteiger partial charge is 0.202 e. The molecule has 1 aromatic rings. The number of anilines is 1. The molecule has 0 saturated heterocycles. The standard InChI is InChI=1S/C9H14N4S/c1-6(2)8-12-9(14-13-8)11-5-7(3)4-10/h6-7H,5H2,1-3H3,(H,11,12,13). The van der Waals surface area contributed by atoms with Crippen molar-refractivity contribution < 1.29 is 0 Å². The lowest BCUT2D eigenvalue weighted by molar-refractivity contribution is 0.776. The molecule has 0 fully saturated rings. The molecule has 1 heterocycles. The molecule has 0 bridgehead atoms. The van der Waals surface area contributed by atoms with Crippen LogP contribution in [0.4, 0.5) is 5.13 Å². The van der Waals surface area contributed by atoms with Crippen molar-refractivity contribution in [1.29, 1.82) is 5.26 Å². The van der Waals surface area contributed by atoms with Gasteiger partial charge in [0.15, 0.2) is 0 Å². The first-order valence-corrected chi connectivity index (χ1v) is 5.38. The second kappa shape index (κ2) is 4.91. The number of nitrogens with zero attached hydrogens (tertiary/aromatic N) is 3. The van der Waals surface area contributed by atoms with E-state index >= 15 is 0 Å². The highest BCUT2D eigenvalue weighted by molar-refractivity contribution is 7.09. The van der Waals surface area contributed by atoms with E-state index in [1.165, 1.54) is 11.5 Å². The molecule has 1 N–H and O–H groups in total. The maximum atomic E-state index is 8.58. The molecule has 0 amide bonds. The molecule has 1 atom stereocenters. The van der Waals surface area contributed by atoms with Gasteiger partial charge in [-0.1, -0.05) is 13.8 Å².